The predicted molar refractivity (Wildman–Crippen MR) is 117 cm³/mol. The Hall–Kier alpha value is -0.680. The van der Waals surface area contributed by atoms with E-state index < -0.39 is 0 Å². The summed E-state index contributed by atoms with van der Waals surface area (Å²) in [6, 6.07) is 5.76. The van der Waals surface area contributed by atoms with Crippen molar-refractivity contribution in [3.05, 3.63) is 47.0 Å². The first-order valence-electron chi connectivity index (χ1n) is 9.84. The van der Waals surface area contributed by atoms with Crippen molar-refractivity contribution in [1.82, 2.24) is 9.55 Å². The number of thioether (sulfide) groups is 1. The van der Waals surface area contributed by atoms with Gasteiger partial charge in [-0.1, -0.05) is 68.7 Å². The molecule has 1 atom stereocenters. The van der Waals surface area contributed by atoms with E-state index in [9.17, 15) is 0 Å². The molecule has 1 aromatic heterocycles. The minimum absolute atomic E-state index is 0.138. The molecule has 1 aromatic carbocycles. The molecule has 1 unspecified atom stereocenters. The minimum Gasteiger partial charge on any atom is -0.375 e. The summed E-state index contributed by atoms with van der Waals surface area (Å²) in [6.45, 7) is 3.88. The van der Waals surface area contributed by atoms with Gasteiger partial charge in [0.25, 0.3) is 0 Å². The van der Waals surface area contributed by atoms with Crippen molar-refractivity contribution in [1.29, 1.82) is 0 Å². The maximum absolute atomic E-state index is 6.19. The molecule has 0 N–H and O–H groups in total. The molecule has 2 aromatic rings. The van der Waals surface area contributed by atoms with Crippen LogP contribution < -0.4 is 0 Å². The van der Waals surface area contributed by atoms with Crippen LogP contribution in [0, 0.1) is 0 Å². The van der Waals surface area contributed by atoms with Gasteiger partial charge in [-0.25, -0.2) is 4.98 Å². The Bertz CT molecular complexity index is 637. The Morgan fingerprint density at radius 1 is 1.07 bits per heavy atom. The zero-order valence-electron chi connectivity index (χ0n) is 16.1. The third-order valence-corrected chi connectivity index (χ3v) is 6.27. The molecule has 0 aliphatic rings. The maximum atomic E-state index is 6.19. The van der Waals surface area contributed by atoms with Gasteiger partial charge in [-0.2, -0.15) is 0 Å². The summed E-state index contributed by atoms with van der Waals surface area (Å²) in [5, 5.41) is 1.18. The number of nitrogens with zero attached hydrogens (tertiary/aromatic N) is 2. The number of aromatic nitrogens is 2. The molecule has 0 bridgehead atoms. The molecule has 1 heterocycles. The van der Waals surface area contributed by atoms with Gasteiger partial charge >= 0.3 is 0 Å². The van der Waals surface area contributed by atoms with Crippen LogP contribution >= 0.6 is 35.0 Å². The number of halogens is 2. The van der Waals surface area contributed by atoms with E-state index in [1.807, 2.05) is 30.7 Å². The maximum Gasteiger partial charge on any atom is 0.0946 e. The van der Waals surface area contributed by atoms with Gasteiger partial charge in [0.05, 0.1) is 29.0 Å². The summed E-state index contributed by atoms with van der Waals surface area (Å²) in [6.07, 6.45) is 14.8. The molecule has 150 valence electrons. The first kappa shape index (κ1) is 22.6. The van der Waals surface area contributed by atoms with Gasteiger partial charge in [-0.3, -0.25) is 0 Å². The normalized spacial score (nSPS) is 12.4. The van der Waals surface area contributed by atoms with E-state index in [2.05, 4.69) is 16.5 Å². The third kappa shape index (κ3) is 9.38. The molecule has 0 radical (unpaired) electrons. The Morgan fingerprint density at radius 2 is 1.85 bits per heavy atom. The average molecular weight is 429 g/mol. The van der Waals surface area contributed by atoms with Gasteiger partial charge in [-0.05, 0) is 24.6 Å². The van der Waals surface area contributed by atoms with Crippen LogP contribution in [0.15, 0.2) is 41.8 Å². The van der Waals surface area contributed by atoms with Crippen LogP contribution in [0.25, 0.3) is 0 Å². The van der Waals surface area contributed by atoms with E-state index >= 15 is 0 Å². The van der Waals surface area contributed by atoms with Gasteiger partial charge in [0, 0.05) is 29.6 Å². The number of ether oxygens (including phenoxy) is 1. The lowest BCUT2D eigenvalue weighted by molar-refractivity contribution is 0.0548. The summed E-state index contributed by atoms with van der Waals surface area (Å²) < 4.78 is 8.26. The third-order valence-electron chi connectivity index (χ3n) is 4.40. The van der Waals surface area contributed by atoms with Gasteiger partial charge in [0.1, 0.15) is 0 Å². The molecule has 0 saturated carbocycles. The number of unbranched alkanes of at least 4 members (excludes halogenated alkanes) is 6. The summed E-state index contributed by atoms with van der Waals surface area (Å²) >= 11 is 13.9. The molecule has 6 heteroatoms. The largest absolute Gasteiger partial charge is 0.375 e. The molecular formula is C21H30Cl2N2OS. The summed E-state index contributed by atoms with van der Waals surface area (Å²) in [5.41, 5.74) is 0. The highest BCUT2D eigenvalue weighted by molar-refractivity contribution is 7.99. The van der Waals surface area contributed by atoms with E-state index in [4.69, 9.17) is 27.9 Å². The van der Waals surface area contributed by atoms with Crippen LogP contribution in [0.4, 0.5) is 0 Å². The van der Waals surface area contributed by atoms with Crippen molar-refractivity contribution in [2.45, 2.75) is 69.4 Å². The molecule has 3 nitrogen and oxygen atoms in total. The van der Waals surface area contributed by atoms with E-state index in [1.54, 1.807) is 18.0 Å². The minimum atomic E-state index is 0.138. The Kier molecular flexibility index (Phi) is 11.3. The molecule has 0 spiro atoms. The van der Waals surface area contributed by atoms with Crippen molar-refractivity contribution in [3.8, 4) is 0 Å². The number of rotatable bonds is 14. The van der Waals surface area contributed by atoms with Gasteiger partial charge in [0.2, 0.25) is 0 Å². The molecule has 2 rings (SSSR count). The van der Waals surface area contributed by atoms with E-state index in [0.717, 1.165) is 30.2 Å². The first-order valence-corrected chi connectivity index (χ1v) is 11.6. The second-order valence-electron chi connectivity index (χ2n) is 6.76. The van der Waals surface area contributed by atoms with Crippen molar-refractivity contribution >= 4 is 35.0 Å². The zero-order chi connectivity index (χ0) is 19.3. The smallest absolute Gasteiger partial charge is 0.0946 e. The fourth-order valence-electron chi connectivity index (χ4n) is 2.85. The molecule has 0 amide bonds. The molecule has 0 fully saturated rings. The highest BCUT2D eigenvalue weighted by Crippen LogP contribution is 2.28. The number of hydrogen-bond acceptors (Lipinski definition) is 3. The Balaban J connectivity index is 1.74. The van der Waals surface area contributed by atoms with Crippen molar-refractivity contribution in [2.75, 3.05) is 12.4 Å². The van der Waals surface area contributed by atoms with E-state index in [0.29, 0.717) is 10.0 Å². The SMILES string of the molecule is CCCCCCCCCOC(CSc1ccc(Cl)c(Cl)c1)Cn1ccnc1. The van der Waals surface area contributed by atoms with Crippen LogP contribution in [0.5, 0.6) is 0 Å². The van der Waals surface area contributed by atoms with Crippen LogP contribution in [-0.4, -0.2) is 28.0 Å². The van der Waals surface area contributed by atoms with Crippen molar-refractivity contribution < 1.29 is 4.74 Å². The molecule has 0 saturated heterocycles. The number of benzene rings is 1. The van der Waals surface area contributed by atoms with Gasteiger partial charge < -0.3 is 9.30 Å². The van der Waals surface area contributed by atoms with E-state index in [-0.39, 0.29) is 6.10 Å². The fourth-order valence-corrected chi connectivity index (χ4v) is 4.16. The monoisotopic (exact) mass is 428 g/mol. The molecule has 0 aliphatic heterocycles. The number of imidazole rings is 1. The van der Waals surface area contributed by atoms with Gasteiger partial charge in [-0.15, -0.1) is 11.8 Å². The summed E-state index contributed by atoms with van der Waals surface area (Å²) in [5.74, 6) is 0.868. The summed E-state index contributed by atoms with van der Waals surface area (Å²) in [4.78, 5) is 5.24. The zero-order valence-corrected chi connectivity index (χ0v) is 18.4. The first-order chi connectivity index (χ1) is 13.2. The van der Waals surface area contributed by atoms with E-state index in [1.165, 1.54) is 38.5 Å². The molecule has 27 heavy (non-hydrogen) atoms. The quantitative estimate of drug-likeness (QED) is 0.236. The summed E-state index contributed by atoms with van der Waals surface area (Å²) in [7, 11) is 0. The van der Waals surface area contributed by atoms with Crippen molar-refractivity contribution in [3.63, 3.8) is 0 Å². The van der Waals surface area contributed by atoms with Crippen LogP contribution in [0.2, 0.25) is 10.0 Å². The Morgan fingerprint density at radius 3 is 2.56 bits per heavy atom. The average Bonchev–Trinajstić information content (AvgIpc) is 3.17. The van der Waals surface area contributed by atoms with Crippen LogP contribution in [0.3, 0.4) is 0 Å². The van der Waals surface area contributed by atoms with Crippen molar-refractivity contribution in [2.24, 2.45) is 0 Å². The fraction of sp³-hybridized carbons (Fsp3) is 0.571. The number of hydrogen-bond donors (Lipinski definition) is 0. The molecule has 0 aliphatic carbocycles. The highest BCUT2D eigenvalue weighted by Gasteiger charge is 2.12. The second-order valence-corrected chi connectivity index (χ2v) is 8.67. The predicted octanol–water partition coefficient (Wildman–Crippen LogP) is 7.12. The lowest BCUT2D eigenvalue weighted by atomic mass is 10.1. The van der Waals surface area contributed by atoms with Crippen LogP contribution in [0.1, 0.15) is 51.9 Å². The Labute approximate surface area is 177 Å². The van der Waals surface area contributed by atoms with Crippen LogP contribution in [-0.2, 0) is 11.3 Å². The highest BCUT2D eigenvalue weighted by atomic mass is 35.5. The topological polar surface area (TPSA) is 27.1 Å². The van der Waals surface area contributed by atoms with Gasteiger partial charge in [0.15, 0.2) is 0 Å². The second kappa shape index (κ2) is 13.5. The lowest BCUT2D eigenvalue weighted by Gasteiger charge is -2.18. The standard InChI is InChI=1S/C21H30Cl2N2OS/c1-2-3-4-5-6-7-8-13-26-18(15-25-12-11-24-17-25)16-27-19-9-10-20(22)21(23)14-19/h9-12,14,17-18H,2-8,13,15-16H2,1H3. The molecular weight excluding hydrogens is 399 g/mol. The lowest BCUT2D eigenvalue weighted by Crippen LogP contribution is -2.23.